The average molecular weight is 429 g/mol. The number of carbonyl (C=O) groups is 1. The maximum atomic E-state index is 10.6. The Kier molecular flexibility index (Phi) is 8.52. The van der Waals surface area contributed by atoms with Gasteiger partial charge in [-0.1, -0.05) is 0 Å². The van der Waals surface area contributed by atoms with Gasteiger partial charge in [0.05, 0.1) is 19.3 Å². The quantitative estimate of drug-likeness (QED) is 0.759. The standard InChI is InChI=1S/C18H25N3O2.C2HF3O2/c1-15-7-12-21(19-15)14-13-20-10-8-18(9-11-20)23-17-5-3-16(22-2)4-6-17;3-2(4,5)1(6)7/h3-7,12,18H,8-11,13-14H2,1-2H3;(H,6,7). The van der Waals surface area contributed by atoms with Gasteiger partial charge in [-0.3, -0.25) is 4.68 Å². The zero-order chi connectivity index (χ0) is 22.1. The van der Waals surface area contributed by atoms with Crippen molar-refractivity contribution in [2.75, 3.05) is 26.7 Å². The molecular formula is C20H26F3N3O4. The molecule has 0 unspecified atom stereocenters. The fourth-order valence-electron chi connectivity index (χ4n) is 2.93. The smallest absolute Gasteiger partial charge is 0.490 e. The van der Waals surface area contributed by atoms with Gasteiger partial charge in [0.2, 0.25) is 0 Å². The van der Waals surface area contributed by atoms with E-state index < -0.39 is 12.1 Å². The maximum absolute atomic E-state index is 10.6. The van der Waals surface area contributed by atoms with Gasteiger partial charge in [-0.05, 0) is 50.1 Å². The number of rotatable bonds is 6. The van der Waals surface area contributed by atoms with Crippen molar-refractivity contribution >= 4 is 5.97 Å². The molecule has 0 aliphatic carbocycles. The summed E-state index contributed by atoms with van der Waals surface area (Å²) in [5.74, 6) is -0.968. The third-order valence-electron chi connectivity index (χ3n) is 4.56. The molecular weight excluding hydrogens is 403 g/mol. The molecule has 3 rings (SSSR count). The fourth-order valence-corrected chi connectivity index (χ4v) is 2.93. The zero-order valence-corrected chi connectivity index (χ0v) is 16.9. The van der Waals surface area contributed by atoms with E-state index in [4.69, 9.17) is 19.4 Å². The van der Waals surface area contributed by atoms with Crippen molar-refractivity contribution in [3.63, 3.8) is 0 Å². The molecule has 30 heavy (non-hydrogen) atoms. The lowest BCUT2D eigenvalue weighted by Gasteiger charge is -2.32. The number of likely N-dealkylation sites (tertiary alicyclic amines) is 1. The van der Waals surface area contributed by atoms with E-state index in [1.807, 2.05) is 35.9 Å². The SMILES string of the molecule is COc1ccc(OC2CCN(CCn3ccc(C)n3)CC2)cc1.O=C(O)C(F)(F)F. The van der Waals surface area contributed by atoms with E-state index in [9.17, 15) is 13.2 Å². The summed E-state index contributed by atoms with van der Waals surface area (Å²) in [6, 6.07) is 9.89. The Bertz CT molecular complexity index is 785. The summed E-state index contributed by atoms with van der Waals surface area (Å²) in [6.45, 7) is 6.20. The lowest BCUT2D eigenvalue weighted by molar-refractivity contribution is -0.192. The number of carboxylic acids is 1. The molecule has 1 aliphatic heterocycles. The van der Waals surface area contributed by atoms with Gasteiger partial charge in [0.1, 0.15) is 17.6 Å². The molecule has 1 N–H and O–H groups in total. The molecule has 0 saturated carbocycles. The summed E-state index contributed by atoms with van der Waals surface area (Å²) in [6.07, 6.45) is -0.574. The molecule has 1 saturated heterocycles. The molecule has 2 heterocycles. The predicted octanol–water partition coefficient (Wildman–Crippen LogP) is 3.38. The Labute approximate surface area is 173 Å². The zero-order valence-electron chi connectivity index (χ0n) is 16.9. The number of aliphatic carboxylic acids is 1. The van der Waals surface area contributed by atoms with Crippen LogP contribution in [0.4, 0.5) is 13.2 Å². The minimum absolute atomic E-state index is 0.312. The van der Waals surface area contributed by atoms with Crippen molar-refractivity contribution in [1.29, 1.82) is 0 Å². The van der Waals surface area contributed by atoms with Crippen LogP contribution in [-0.2, 0) is 11.3 Å². The first-order valence-electron chi connectivity index (χ1n) is 9.50. The molecule has 166 valence electrons. The number of hydrogen-bond acceptors (Lipinski definition) is 5. The molecule has 2 aromatic rings. The van der Waals surface area contributed by atoms with Gasteiger partial charge < -0.3 is 19.5 Å². The highest BCUT2D eigenvalue weighted by Gasteiger charge is 2.38. The Morgan fingerprint density at radius 2 is 1.70 bits per heavy atom. The summed E-state index contributed by atoms with van der Waals surface area (Å²) in [4.78, 5) is 11.4. The van der Waals surface area contributed by atoms with E-state index >= 15 is 0 Å². The molecule has 0 bridgehead atoms. The fraction of sp³-hybridized carbons (Fsp3) is 0.500. The lowest BCUT2D eigenvalue weighted by atomic mass is 10.1. The number of nitrogens with zero attached hydrogens (tertiary/aromatic N) is 3. The van der Waals surface area contributed by atoms with Gasteiger partial charge in [0, 0.05) is 25.8 Å². The number of aryl methyl sites for hydroxylation is 1. The van der Waals surface area contributed by atoms with Crippen LogP contribution in [0.15, 0.2) is 36.5 Å². The molecule has 10 heteroatoms. The summed E-state index contributed by atoms with van der Waals surface area (Å²) >= 11 is 0. The molecule has 0 amide bonds. The normalized spacial score (nSPS) is 15.2. The summed E-state index contributed by atoms with van der Waals surface area (Å²) in [5.41, 5.74) is 1.08. The Hall–Kier alpha value is -2.75. The monoisotopic (exact) mass is 429 g/mol. The number of alkyl halides is 3. The van der Waals surface area contributed by atoms with E-state index in [0.29, 0.717) is 6.10 Å². The first-order valence-corrected chi connectivity index (χ1v) is 9.50. The van der Waals surface area contributed by atoms with Gasteiger partial charge in [-0.25, -0.2) is 4.79 Å². The van der Waals surface area contributed by atoms with Crippen molar-refractivity contribution in [3.05, 3.63) is 42.2 Å². The summed E-state index contributed by atoms with van der Waals surface area (Å²) in [7, 11) is 1.68. The number of piperidine rings is 1. The van der Waals surface area contributed by atoms with Crippen LogP contribution >= 0.6 is 0 Å². The average Bonchev–Trinajstić information content (AvgIpc) is 3.13. The van der Waals surface area contributed by atoms with Crippen LogP contribution in [-0.4, -0.2) is 64.8 Å². The Morgan fingerprint density at radius 3 is 2.17 bits per heavy atom. The molecule has 1 aromatic heterocycles. The molecule has 0 radical (unpaired) electrons. The first-order chi connectivity index (χ1) is 14.2. The number of halogens is 3. The topological polar surface area (TPSA) is 76.8 Å². The molecule has 1 aliphatic rings. The van der Waals surface area contributed by atoms with Crippen LogP contribution in [0.3, 0.4) is 0 Å². The van der Waals surface area contributed by atoms with Crippen LogP contribution in [0.25, 0.3) is 0 Å². The Balaban J connectivity index is 0.000000396. The number of methoxy groups -OCH3 is 1. The van der Waals surface area contributed by atoms with Gasteiger partial charge in [-0.15, -0.1) is 0 Å². The van der Waals surface area contributed by atoms with Crippen LogP contribution in [0.2, 0.25) is 0 Å². The minimum atomic E-state index is -5.08. The third kappa shape index (κ3) is 7.94. The van der Waals surface area contributed by atoms with Crippen LogP contribution in [0.1, 0.15) is 18.5 Å². The lowest BCUT2D eigenvalue weighted by Crippen LogP contribution is -2.39. The second kappa shape index (κ2) is 10.9. The van der Waals surface area contributed by atoms with Crippen molar-refractivity contribution < 1.29 is 32.5 Å². The van der Waals surface area contributed by atoms with E-state index in [1.165, 1.54) is 0 Å². The molecule has 0 atom stereocenters. The van der Waals surface area contributed by atoms with Gasteiger partial charge in [0.15, 0.2) is 0 Å². The highest BCUT2D eigenvalue weighted by Crippen LogP contribution is 2.21. The number of aromatic nitrogens is 2. The minimum Gasteiger partial charge on any atom is -0.497 e. The largest absolute Gasteiger partial charge is 0.497 e. The molecule has 0 spiro atoms. The van der Waals surface area contributed by atoms with Crippen molar-refractivity contribution in [3.8, 4) is 11.5 Å². The van der Waals surface area contributed by atoms with Crippen molar-refractivity contribution in [2.24, 2.45) is 0 Å². The van der Waals surface area contributed by atoms with E-state index in [2.05, 4.69) is 22.3 Å². The second-order valence-electron chi connectivity index (χ2n) is 6.86. The predicted molar refractivity (Wildman–Crippen MR) is 104 cm³/mol. The summed E-state index contributed by atoms with van der Waals surface area (Å²) < 4.78 is 45.0. The van der Waals surface area contributed by atoms with E-state index in [0.717, 1.165) is 56.2 Å². The molecule has 1 aromatic carbocycles. The van der Waals surface area contributed by atoms with Gasteiger partial charge >= 0.3 is 12.1 Å². The number of ether oxygens (including phenoxy) is 2. The maximum Gasteiger partial charge on any atom is 0.490 e. The van der Waals surface area contributed by atoms with Crippen LogP contribution in [0.5, 0.6) is 11.5 Å². The second-order valence-corrected chi connectivity index (χ2v) is 6.86. The van der Waals surface area contributed by atoms with E-state index in [-0.39, 0.29) is 0 Å². The molecule has 1 fully saturated rings. The summed E-state index contributed by atoms with van der Waals surface area (Å²) in [5, 5.41) is 11.6. The highest BCUT2D eigenvalue weighted by molar-refractivity contribution is 5.73. The van der Waals surface area contributed by atoms with Gasteiger partial charge in [0.25, 0.3) is 0 Å². The number of benzene rings is 1. The van der Waals surface area contributed by atoms with E-state index in [1.54, 1.807) is 7.11 Å². The molecule has 7 nitrogen and oxygen atoms in total. The highest BCUT2D eigenvalue weighted by atomic mass is 19.4. The first kappa shape index (κ1) is 23.5. The number of hydrogen-bond donors (Lipinski definition) is 1. The van der Waals surface area contributed by atoms with Crippen molar-refractivity contribution in [2.45, 2.75) is 38.6 Å². The van der Waals surface area contributed by atoms with Gasteiger partial charge in [-0.2, -0.15) is 18.3 Å². The van der Waals surface area contributed by atoms with Crippen LogP contribution < -0.4 is 9.47 Å². The van der Waals surface area contributed by atoms with Crippen molar-refractivity contribution in [1.82, 2.24) is 14.7 Å². The number of carboxylic acid groups (broad SMARTS) is 1. The van der Waals surface area contributed by atoms with Crippen LogP contribution in [0, 0.1) is 6.92 Å². The Morgan fingerprint density at radius 1 is 1.13 bits per heavy atom. The third-order valence-corrected chi connectivity index (χ3v) is 4.56.